The first-order valence-corrected chi connectivity index (χ1v) is 3.81. The second-order valence-corrected chi connectivity index (χ2v) is 2.53. The summed E-state index contributed by atoms with van der Waals surface area (Å²) in [6.07, 6.45) is 3.72. The van der Waals surface area contributed by atoms with E-state index in [0.717, 1.165) is 19.3 Å². The maximum atomic E-state index is 10.6. The molecule has 1 amide bonds. The first-order chi connectivity index (χ1) is 4.72. The standard InChI is InChI=1S/C8H16NO/c1-3-5-6-7(4-2)8(9)10/h7H,2-6H2,1H3,(H2,9,10). The summed E-state index contributed by atoms with van der Waals surface area (Å²) < 4.78 is 0. The number of unbranched alkanes of at least 4 members (excludes halogenated alkanes) is 1. The van der Waals surface area contributed by atoms with Crippen LogP contribution in [-0.4, -0.2) is 5.91 Å². The molecule has 1 unspecified atom stereocenters. The van der Waals surface area contributed by atoms with Crippen molar-refractivity contribution in [3.8, 4) is 0 Å². The first kappa shape index (κ1) is 9.47. The molecule has 0 heterocycles. The third-order valence-electron chi connectivity index (χ3n) is 1.66. The van der Waals surface area contributed by atoms with Gasteiger partial charge in [0.25, 0.3) is 0 Å². The van der Waals surface area contributed by atoms with Gasteiger partial charge >= 0.3 is 0 Å². The molecule has 2 N–H and O–H groups in total. The van der Waals surface area contributed by atoms with Crippen molar-refractivity contribution < 1.29 is 4.79 Å². The number of amides is 1. The molecule has 1 atom stereocenters. The minimum absolute atomic E-state index is 0.0000463. The quantitative estimate of drug-likeness (QED) is 0.621. The molecular formula is C8H16NO. The molecule has 2 nitrogen and oxygen atoms in total. The molecule has 0 bridgehead atoms. The van der Waals surface area contributed by atoms with E-state index in [1.165, 1.54) is 0 Å². The highest BCUT2D eigenvalue weighted by atomic mass is 16.1. The Labute approximate surface area is 62.8 Å². The van der Waals surface area contributed by atoms with Gasteiger partial charge in [-0.2, -0.15) is 0 Å². The number of carbonyl (C=O) groups is 1. The summed E-state index contributed by atoms with van der Waals surface area (Å²) >= 11 is 0. The normalized spacial score (nSPS) is 13.0. The lowest BCUT2D eigenvalue weighted by molar-refractivity contribution is -0.121. The Balaban J connectivity index is 3.50. The predicted octanol–water partition coefficient (Wildman–Crippen LogP) is 1.50. The molecule has 0 spiro atoms. The van der Waals surface area contributed by atoms with Crippen molar-refractivity contribution in [2.24, 2.45) is 11.7 Å². The number of nitrogens with two attached hydrogens (primary N) is 1. The van der Waals surface area contributed by atoms with E-state index in [1.807, 2.05) is 0 Å². The van der Waals surface area contributed by atoms with Crippen LogP contribution in [-0.2, 0) is 4.79 Å². The van der Waals surface area contributed by atoms with E-state index in [0.29, 0.717) is 6.42 Å². The van der Waals surface area contributed by atoms with Gasteiger partial charge in [-0.25, -0.2) is 0 Å². The summed E-state index contributed by atoms with van der Waals surface area (Å²) in [5, 5.41) is 0. The van der Waals surface area contributed by atoms with Crippen molar-refractivity contribution in [2.75, 3.05) is 0 Å². The van der Waals surface area contributed by atoms with Crippen LogP contribution in [0.15, 0.2) is 0 Å². The summed E-state index contributed by atoms with van der Waals surface area (Å²) in [6, 6.07) is 0. The van der Waals surface area contributed by atoms with Gasteiger partial charge in [0.05, 0.1) is 0 Å². The van der Waals surface area contributed by atoms with E-state index in [2.05, 4.69) is 13.8 Å². The van der Waals surface area contributed by atoms with Crippen LogP contribution in [0.5, 0.6) is 0 Å². The molecule has 0 aliphatic carbocycles. The average molecular weight is 142 g/mol. The zero-order valence-corrected chi connectivity index (χ0v) is 6.60. The molecular weight excluding hydrogens is 126 g/mol. The zero-order chi connectivity index (χ0) is 7.98. The van der Waals surface area contributed by atoms with Crippen molar-refractivity contribution in [1.29, 1.82) is 0 Å². The van der Waals surface area contributed by atoms with E-state index in [4.69, 9.17) is 5.73 Å². The molecule has 0 aromatic rings. The topological polar surface area (TPSA) is 43.1 Å². The molecule has 0 fully saturated rings. The first-order valence-electron chi connectivity index (χ1n) is 3.81. The van der Waals surface area contributed by atoms with Crippen LogP contribution in [0.25, 0.3) is 0 Å². The van der Waals surface area contributed by atoms with Crippen LogP contribution in [0.2, 0.25) is 0 Å². The van der Waals surface area contributed by atoms with Gasteiger partial charge in [-0.1, -0.05) is 26.7 Å². The zero-order valence-electron chi connectivity index (χ0n) is 6.60. The van der Waals surface area contributed by atoms with Gasteiger partial charge in [-0.15, -0.1) is 0 Å². The second kappa shape index (κ2) is 5.27. The monoisotopic (exact) mass is 142 g/mol. The molecule has 0 aromatic carbocycles. The lowest BCUT2D eigenvalue weighted by Gasteiger charge is -2.08. The molecule has 0 aliphatic rings. The number of hydrogen-bond donors (Lipinski definition) is 1. The highest BCUT2D eigenvalue weighted by Gasteiger charge is 2.10. The van der Waals surface area contributed by atoms with Crippen LogP contribution >= 0.6 is 0 Å². The highest BCUT2D eigenvalue weighted by Crippen LogP contribution is 2.10. The summed E-state index contributed by atoms with van der Waals surface area (Å²) in [4.78, 5) is 10.6. The molecule has 0 aromatic heterocycles. The lowest BCUT2D eigenvalue weighted by atomic mass is 9.99. The fourth-order valence-corrected chi connectivity index (χ4v) is 0.879. The SMILES string of the molecule is [CH2]CC(CCCC)C(N)=O. The van der Waals surface area contributed by atoms with E-state index in [9.17, 15) is 4.79 Å². The van der Waals surface area contributed by atoms with Gasteiger partial charge in [0.2, 0.25) is 5.91 Å². The Kier molecular flexibility index (Phi) is 4.99. The van der Waals surface area contributed by atoms with Crippen LogP contribution in [0.3, 0.4) is 0 Å². The van der Waals surface area contributed by atoms with Crippen molar-refractivity contribution in [3.05, 3.63) is 6.92 Å². The largest absolute Gasteiger partial charge is 0.369 e. The maximum Gasteiger partial charge on any atom is 0.220 e. The lowest BCUT2D eigenvalue weighted by Crippen LogP contribution is -2.22. The van der Waals surface area contributed by atoms with E-state index >= 15 is 0 Å². The van der Waals surface area contributed by atoms with Crippen LogP contribution < -0.4 is 5.73 Å². The van der Waals surface area contributed by atoms with Gasteiger partial charge in [0.15, 0.2) is 0 Å². The van der Waals surface area contributed by atoms with Gasteiger partial charge in [0, 0.05) is 5.92 Å². The maximum absolute atomic E-state index is 10.6. The number of rotatable bonds is 5. The minimum Gasteiger partial charge on any atom is -0.369 e. The fourth-order valence-electron chi connectivity index (χ4n) is 0.879. The van der Waals surface area contributed by atoms with Crippen molar-refractivity contribution in [3.63, 3.8) is 0 Å². The van der Waals surface area contributed by atoms with Gasteiger partial charge in [-0.3, -0.25) is 4.79 Å². The highest BCUT2D eigenvalue weighted by molar-refractivity contribution is 5.76. The third kappa shape index (κ3) is 3.49. The molecule has 2 heteroatoms. The second-order valence-electron chi connectivity index (χ2n) is 2.53. The Hall–Kier alpha value is -0.530. The van der Waals surface area contributed by atoms with Crippen LogP contribution in [0.1, 0.15) is 32.6 Å². The molecule has 10 heavy (non-hydrogen) atoms. The summed E-state index contributed by atoms with van der Waals surface area (Å²) in [5.41, 5.74) is 5.11. The van der Waals surface area contributed by atoms with Crippen molar-refractivity contribution >= 4 is 5.91 Å². The summed E-state index contributed by atoms with van der Waals surface area (Å²) in [6.45, 7) is 5.76. The Morgan fingerprint density at radius 1 is 1.70 bits per heavy atom. The van der Waals surface area contributed by atoms with Gasteiger partial charge in [-0.05, 0) is 12.8 Å². The molecule has 1 radical (unpaired) electrons. The molecule has 59 valence electrons. The van der Waals surface area contributed by atoms with E-state index < -0.39 is 0 Å². The summed E-state index contributed by atoms with van der Waals surface area (Å²) in [7, 11) is 0. The van der Waals surface area contributed by atoms with Crippen LogP contribution in [0, 0.1) is 12.8 Å². The van der Waals surface area contributed by atoms with Gasteiger partial charge in [0.1, 0.15) is 0 Å². The Morgan fingerprint density at radius 2 is 2.30 bits per heavy atom. The average Bonchev–Trinajstić information content (AvgIpc) is 1.89. The number of hydrogen-bond acceptors (Lipinski definition) is 1. The van der Waals surface area contributed by atoms with Gasteiger partial charge < -0.3 is 5.73 Å². The van der Waals surface area contributed by atoms with E-state index in [1.54, 1.807) is 0 Å². The minimum atomic E-state index is -0.205. The molecule has 0 saturated carbocycles. The summed E-state index contributed by atoms with van der Waals surface area (Å²) in [5.74, 6) is -0.205. The number of primary amides is 1. The smallest absolute Gasteiger partial charge is 0.220 e. The Bertz CT molecular complexity index is 101. The fraction of sp³-hybridized carbons (Fsp3) is 0.750. The third-order valence-corrected chi connectivity index (χ3v) is 1.66. The number of carbonyl (C=O) groups excluding carboxylic acids is 1. The Morgan fingerprint density at radius 3 is 2.60 bits per heavy atom. The molecule has 0 rings (SSSR count). The predicted molar refractivity (Wildman–Crippen MR) is 42.2 cm³/mol. The van der Waals surface area contributed by atoms with Crippen LogP contribution in [0.4, 0.5) is 0 Å². The van der Waals surface area contributed by atoms with E-state index in [-0.39, 0.29) is 11.8 Å². The molecule has 0 aliphatic heterocycles. The van der Waals surface area contributed by atoms with Crippen molar-refractivity contribution in [2.45, 2.75) is 32.6 Å². The van der Waals surface area contributed by atoms with Crippen molar-refractivity contribution in [1.82, 2.24) is 0 Å². The molecule has 0 saturated heterocycles.